The summed E-state index contributed by atoms with van der Waals surface area (Å²) >= 11 is 0. The van der Waals surface area contributed by atoms with Crippen LogP contribution >= 0.6 is 12.4 Å². The first-order chi connectivity index (χ1) is 9.54. The minimum absolute atomic E-state index is 0. The molecule has 0 bridgehead atoms. The van der Waals surface area contributed by atoms with Gasteiger partial charge in [0.1, 0.15) is 0 Å². The average Bonchev–Trinajstić information content (AvgIpc) is 2.43. The summed E-state index contributed by atoms with van der Waals surface area (Å²) in [5.74, 6) is 0.166. The van der Waals surface area contributed by atoms with Gasteiger partial charge in [0.25, 0.3) is 0 Å². The van der Waals surface area contributed by atoms with Gasteiger partial charge in [-0.25, -0.2) is 0 Å². The van der Waals surface area contributed by atoms with E-state index < -0.39 is 0 Å². The number of benzene rings is 1. The number of rotatable bonds is 5. The third-order valence-electron chi connectivity index (χ3n) is 4.29. The van der Waals surface area contributed by atoms with E-state index in [1.54, 1.807) is 0 Å². The van der Waals surface area contributed by atoms with Crippen molar-refractivity contribution in [2.75, 3.05) is 13.6 Å². The fraction of sp³-hybridized carbons (Fsp3) is 0.588. The van der Waals surface area contributed by atoms with E-state index in [0.29, 0.717) is 6.42 Å². The molecule has 2 rings (SSSR count). The summed E-state index contributed by atoms with van der Waals surface area (Å²) in [6.07, 6.45) is 3.64. The Morgan fingerprint density at radius 2 is 2.05 bits per heavy atom. The predicted molar refractivity (Wildman–Crippen MR) is 90.0 cm³/mol. The second kappa shape index (κ2) is 7.81. The van der Waals surface area contributed by atoms with Crippen LogP contribution in [0, 0.1) is 0 Å². The Hall–Kier alpha value is -1.06. The van der Waals surface area contributed by atoms with Crippen LogP contribution in [0.15, 0.2) is 24.3 Å². The molecular weight excluding hydrogens is 284 g/mol. The number of halogens is 1. The number of hydrogen-bond acceptors (Lipinski definition) is 2. The number of nitrogens with one attached hydrogen (secondary N) is 2. The van der Waals surface area contributed by atoms with Crippen molar-refractivity contribution in [1.82, 2.24) is 10.6 Å². The lowest BCUT2D eigenvalue weighted by Gasteiger charge is -2.37. The number of amides is 1. The SMILES string of the molecule is CNCCCC(=O)NC1CCC(C)(C)c2ccccc21.Cl. The van der Waals surface area contributed by atoms with Crippen molar-refractivity contribution < 1.29 is 4.79 Å². The van der Waals surface area contributed by atoms with E-state index in [0.717, 1.165) is 25.8 Å². The lowest BCUT2D eigenvalue weighted by molar-refractivity contribution is -0.122. The van der Waals surface area contributed by atoms with Crippen molar-refractivity contribution in [3.05, 3.63) is 35.4 Å². The molecular formula is C17H27ClN2O. The maximum atomic E-state index is 12.0. The van der Waals surface area contributed by atoms with Crippen LogP contribution in [0.1, 0.15) is 56.7 Å². The normalized spacial score (nSPS) is 19.3. The van der Waals surface area contributed by atoms with Gasteiger partial charge in [-0.2, -0.15) is 0 Å². The molecule has 0 radical (unpaired) electrons. The molecule has 1 aliphatic rings. The van der Waals surface area contributed by atoms with Crippen molar-refractivity contribution in [2.24, 2.45) is 0 Å². The Kier molecular flexibility index (Phi) is 6.69. The standard InChI is InChI=1S/C17H26N2O.ClH/c1-17(2)11-10-15(13-7-4-5-8-14(13)17)19-16(20)9-6-12-18-3;/h4-5,7-8,15,18H,6,9-12H2,1-3H3,(H,19,20);1H. The van der Waals surface area contributed by atoms with E-state index in [-0.39, 0.29) is 29.8 Å². The van der Waals surface area contributed by atoms with E-state index in [9.17, 15) is 4.79 Å². The molecule has 118 valence electrons. The van der Waals surface area contributed by atoms with Crippen LogP contribution in [0.4, 0.5) is 0 Å². The summed E-state index contributed by atoms with van der Waals surface area (Å²) in [5, 5.41) is 6.28. The maximum Gasteiger partial charge on any atom is 0.220 e. The van der Waals surface area contributed by atoms with Gasteiger partial charge < -0.3 is 10.6 Å². The Morgan fingerprint density at radius 1 is 1.33 bits per heavy atom. The zero-order valence-corrected chi connectivity index (χ0v) is 14.1. The van der Waals surface area contributed by atoms with E-state index >= 15 is 0 Å². The molecule has 1 aliphatic carbocycles. The summed E-state index contributed by atoms with van der Waals surface area (Å²) in [6.45, 7) is 5.47. The first-order valence-electron chi connectivity index (χ1n) is 7.58. The quantitative estimate of drug-likeness (QED) is 0.819. The minimum Gasteiger partial charge on any atom is -0.349 e. The molecule has 4 heteroatoms. The molecule has 0 saturated heterocycles. The molecule has 0 aromatic heterocycles. The van der Waals surface area contributed by atoms with Gasteiger partial charge in [-0.3, -0.25) is 4.79 Å². The van der Waals surface area contributed by atoms with Gasteiger partial charge in [0.15, 0.2) is 0 Å². The predicted octanol–water partition coefficient (Wildman–Crippen LogP) is 3.34. The van der Waals surface area contributed by atoms with Crippen molar-refractivity contribution in [3.63, 3.8) is 0 Å². The van der Waals surface area contributed by atoms with Crippen molar-refractivity contribution in [2.45, 2.75) is 51.0 Å². The molecule has 1 amide bonds. The molecule has 0 fully saturated rings. The zero-order valence-electron chi connectivity index (χ0n) is 13.2. The van der Waals surface area contributed by atoms with Crippen LogP contribution < -0.4 is 10.6 Å². The molecule has 1 aromatic rings. The molecule has 2 N–H and O–H groups in total. The van der Waals surface area contributed by atoms with Crippen LogP contribution in [-0.4, -0.2) is 19.5 Å². The fourth-order valence-electron chi connectivity index (χ4n) is 3.05. The van der Waals surface area contributed by atoms with Gasteiger partial charge in [0, 0.05) is 6.42 Å². The first kappa shape index (κ1) is 18.0. The van der Waals surface area contributed by atoms with Gasteiger partial charge in [-0.1, -0.05) is 38.1 Å². The van der Waals surface area contributed by atoms with Gasteiger partial charge in [0.2, 0.25) is 5.91 Å². The van der Waals surface area contributed by atoms with Gasteiger partial charge >= 0.3 is 0 Å². The molecule has 1 atom stereocenters. The highest BCUT2D eigenvalue weighted by Gasteiger charge is 2.32. The Bertz CT molecular complexity index is 474. The fourth-order valence-corrected chi connectivity index (χ4v) is 3.05. The Balaban J connectivity index is 0.00000220. The van der Waals surface area contributed by atoms with Crippen LogP contribution in [0.25, 0.3) is 0 Å². The van der Waals surface area contributed by atoms with E-state index in [4.69, 9.17) is 0 Å². The topological polar surface area (TPSA) is 41.1 Å². The summed E-state index contributed by atoms with van der Waals surface area (Å²) in [7, 11) is 1.91. The minimum atomic E-state index is 0. The van der Waals surface area contributed by atoms with E-state index in [2.05, 4.69) is 48.7 Å². The molecule has 1 aromatic carbocycles. The second-order valence-electron chi connectivity index (χ2n) is 6.34. The van der Waals surface area contributed by atoms with Gasteiger partial charge in [-0.05, 0) is 49.4 Å². The molecule has 0 spiro atoms. The average molecular weight is 311 g/mol. The molecule has 1 unspecified atom stereocenters. The monoisotopic (exact) mass is 310 g/mol. The highest BCUT2D eigenvalue weighted by Crippen LogP contribution is 2.41. The van der Waals surface area contributed by atoms with Crippen LogP contribution in [-0.2, 0) is 10.2 Å². The second-order valence-corrected chi connectivity index (χ2v) is 6.34. The number of carbonyl (C=O) groups is 1. The van der Waals surface area contributed by atoms with Gasteiger partial charge in [-0.15, -0.1) is 12.4 Å². The van der Waals surface area contributed by atoms with Gasteiger partial charge in [0.05, 0.1) is 6.04 Å². The highest BCUT2D eigenvalue weighted by atomic mass is 35.5. The zero-order chi connectivity index (χ0) is 14.6. The first-order valence-corrected chi connectivity index (χ1v) is 7.58. The summed E-state index contributed by atoms with van der Waals surface area (Å²) in [6, 6.07) is 8.71. The smallest absolute Gasteiger partial charge is 0.220 e. The Labute approximate surface area is 134 Å². The molecule has 0 heterocycles. The van der Waals surface area contributed by atoms with Crippen molar-refractivity contribution in [3.8, 4) is 0 Å². The molecule has 3 nitrogen and oxygen atoms in total. The third kappa shape index (κ3) is 4.45. The van der Waals surface area contributed by atoms with Crippen LogP contribution in [0.2, 0.25) is 0 Å². The van der Waals surface area contributed by atoms with Crippen molar-refractivity contribution >= 4 is 18.3 Å². The lowest BCUT2D eigenvalue weighted by Crippen LogP contribution is -2.35. The molecule has 21 heavy (non-hydrogen) atoms. The summed E-state index contributed by atoms with van der Waals surface area (Å²) in [4.78, 5) is 12.0. The number of hydrogen-bond donors (Lipinski definition) is 2. The summed E-state index contributed by atoms with van der Waals surface area (Å²) in [5.41, 5.74) is 2.89. The Morgan fingerprint density at radius 3 is 2.76 bits per heavy atom. The van der Waals surface area contributed by atoms with Crippen LogP contribution in [0.3, 0.4) is 0 Å². The van der Waals surface area contributed by atoms with E-state index in [1.807, 2.05) is 7.05 Å². The maximum absolute atomic E-state index is 12.0. The van der Waals surface area contributed by atoms with E-state index in [1.165, 1.54) is 11.1 Å². The molecule has 0 aliphatic heterocycles. The summed E-state index contributed by atoms with van der Waals surface area (Å²) < 4.78 is 0. The lowest BCUT2D eigenvalue weighted by atomic mass is 9.71. The largest absolute Gasteiger partial charge is 0.349 e. The number of fused-ring (bicyclic) bond motifs is 1. The highest BCUT2D eigenvalue weighted by molar-refractivity contribution is 5.85. The number of carbonyl (C=O) groups excluding carboxylic acids is 1. The molecule has 0 saturated carbocycles. The van der Waals surface area contributed by atoms with Crippen LogP contribution in [0.5, 0.6) is 0 Å². The van der Waals surface area contributed by atoms with Crippen molar-refractivity contribution in [1.29, 1.82) is 0 Å². The third-order valence-corrected chi connectivity index (χ3v) is 4.29.